The van der Waals surface area contributed by atoms with Gasteiger partial charge in [0.15, 0.2) is 0 Å². The third-order valence-corrected chi connectivity index (χ3v) is 4.93. The van der Waals surface area contributed by atoms with Crippen LogP contribution in [-0.2, 0) is 30.6 Å². The molecular formula is C19H18ClN3OS. The molecule has 0 fully saturated rings. The summed E-state index contributed by atoms with van der Waals surface area (Å²) in [6, 6.07) is 11.5. The topological polar surface area (TPSA) is 54.9 Å². The van der Waals surface area contributed by atoms with Crippen molar-refractivity contribution in [3.63, 3.8) is 0 Å². The number of amides is 1. The second-order valence-corrected chi connectivity index (χ2v) is 7.05. The van der Waals surface area contributed by atoms with Crippen LogP contribution in [0.3, 0.4) is 0 Å². The first-order chi connectivity index (χ1) is 12.2. The molecule has 3 aromatic rings. The van der Waals surface area contributed by atoms with Crippen LogP contribution in [-0.4, -0.2) is 15.9 Å². The highest BCUT2D eigenvalue weighted by Crippen LogP contribution is 2.14. The van der Waals surface area contributed by atoms with Gasteiger partial charge in [-0.1, -0.05) is 23.7 Å². The molecule has 2 aromatic heterocycles. The zero-order valence-corrected chi connectivity index (χ0v) is 15.2. The van der Waals surface area contributed by atoms with Gasteiger partial charge < -0.3 is 5.32 Å². The van der Waals surface area contributed by atoms with E-state index >= 15 is 0 Å². The summed E-state index contributed by atoms with van der Waals surface area (Å²) in [5, 5.41) is 6.62. The summed E-state index contributed by atoms with van der Waals surface area (Å²) in [6.07, 6.45) is 5.71. The van der Waals surface area contributed by atoms with E-state index in [4.69, 9.17) is 11.6 Å². The maximum Gasteiger partial charge on any atom is 0.226 e. The van der Waals surface area contributed by atoms with E-state index in [1.807, 2.05) is 41.8 Å². The quantitative estimate of drug-likeness (QED) is 0.686. The van der Waals surface area contributed by atoms with Crippen molar-refractivity contribution in [3.05, 3.63) is 81.0 Å². The van der Waals surface area contributed by atoms with Gasteiger partial charge in [0.1, 0.15) is 0 Å². The first-order valence-electron chi connectivity index (χ1n) is 8.02. The highest BCUT2D eigenvalue weighted by atomic mass is 35.5. The lowest BCUT2D eigenvalue weighted by Gasteiger charge is -2.04. The zero-order chi connectivity index (χ0) is 17.5. The summed E-state index contributed by atoms with van der Waals surface area (Å²) in [5.41, 5.74) is 3.09. The first kappa shape index (κ1) is 17.6. The van der Waals surface area contributed by atoms with E-state index in [0.717, 1.165) is 29.1 Å². The fourth-order valence-electron chi connectivity index (χ4n) is 2.38. The third kappa shape index (κ3) is 5.66. The molecule has 0 unspecified atom stereocenters. The zero-order valence-electron chi connectivity index (χ0n) is 13.6. The molecule has 0 aliphatic rings. The minimum atomic E-state index is -0.0269. The summed E-state index contributed by atoms with van der Waals surface area (Å²) in [7, 11) is 0. The number of carbonyl (C=O) groups is 1. The van der Waals surface area contributed by atoms with Gasteiger partial charge in [-0.05, 0) is 41.8 Å². The average molecular weight is 372 g/mol. The number of aromatic nitrogens is 2. The molecule has 1 aromatic carbocycles. The molecule has 0 saturated carbocycles. The number of nitrogens with one attached hydrogen (secondary N) is 1. The Bertz CT molecular complexity index is 818. The summed E-state index contributed by atoms with van der Waals surface area (Å²) in [5.74, 6) is -0.0269. The summed E-state index contributed by atoms with van der Waals surface area (Å²) < 4.78 is 0. The van der Waals surface area contributed by atoms with Crippen molar-refractivity contribution in [1.82, 2.24) is 15.3 Å². The van der Waals surface area contributed by atoms with Crippen molar-refractivity contribution in [3.8, 4) is 0 Å². The Morgan fingerprint density at radius 3 is 2.56 bits per heavy atom. The number of halogens is 1. The van der Waals surface area contributed by atoms with Gasteiger partial charge in [0.2, 0.25) is 5.91 Å². The summed E-state index contributed by atoms with van der Waals surface area (Å²) in [6.45, 7) is 0.495. The largest absolute Gasteiger partial charge is 0.352 e. The minimum Gasteiger partial charge on any atom is -0.352 e. The Balaban J connectivity index is 1.45. The van der Waals surface area contributed by atoms with Gasteiger partial charge in [-0.15, -0.1) is 11.3 Å². The van der Waals surface area contributed by atoms with Crippen molar-refractivity contribution in [2.75, 3.05) is 0 Å². The van der Waals surface area contributed by atoms with E-state index in [9.17, 15) is 4.79 Å². The number of rotatable bonds is 7. The Hall–Kier alpha value is -2.24. The number of benzene rings is 1. The molecule has 128 valence electrons. The Labute approximate surface area is 155 Å². The Morgan fingerprint density at radius 1 is 1.04 bits per heavy atom. The van der Waals surface area contributed by atoms with E-state index in [0.29, 0.717) is 18.0 Å². The van der Waals surface area contributed by atoms with Gasteiger partial charge in [-0.25, -0.2) is 4.98 Å². The van der Waals surface area contributed by atoms with Gasteiger partial charge in [-0.2, -0.15) is 0 Å². The van der Waals surface area contributed by atoms with Gasteiger partial charge >= 0.3 is 0 Å². The molecule has 0 aliphatic carbocycles. The summed E-state index contributed by atoms with van der Waals surface area (Å²) in [4.78, 5) is 20.6. The predicted molar refractivity (Wildman–Crippen MR) is 101 cm³/mol. The average Bonchev–Trinajstić information content (AvgIpc) is 3.08. The monoisotopic (exact) mass is 371 g/mol. The SMILES string of the molecule is O=C(Cc1csc(CCc2ccncc2)n1)NCc1ccc(Cl)cc1. The molecule has 0 bridgehead atoms. The van der Waals surface area contributed by atoms with Crippen molar-refractivity contribution in [2.45, 2.75) is 25.8 Å². The van der Waals surface area contributed by atoms with Gasteiger partial charge in [0, 0.05) is 35.8 Å². The van der Waals surface area contributed by atoms with Crippen molar-refractivity contribution in [2.24, 2.45) is 0 Å². The second kappa shape index (κ2) is 8.74. The normalized spacial score (nSPS) is 10.6. The van der Waals surface area contributed by atoms with Gasteiger partial charge in [-0.3, -0.25) is 9.78 Å². The van der Waals surface area contributed by atoms with Crippen LogP contribution in [0.15, 0.2) is 54.2 Å². The summed E-state index contributed by atoms with van der Waals surface area (Å²) >= 11 is 7.46. The van der Waals surface area contributed by atoms with E-state index in [1.165, 1.54) is 5.56 Å². The van der Waals surface area contributed by atoms with Crippen LogP contribution in [0.1, 0.15) is 21.8 Å². The molecule has 0 atom stereocenters. The molecule has 0 spiro atoms. The standard InChI is InChI=1S/C19H18ClN3OS/c20-16-4-1-15(2-5-16)12-22-18(24)11-17-13-25-19(23-17)6-3-14-7-9-21-10-8-14/h1-2,4-5,7-10,13H,3,6,11-12H2,(H,22,24). The molecule has 2 heterocycles. The molecule has 0 aliphatic heterocycles. The van der Waals surface area contributed by atoms with Gasteiger partial charge in [0.05, 0.1) is 17.1 Å². The maximum atomic E-state index is 12.1. The predicted octanol–water partition coefficient (Wildman–Crippen LogP) is 3.84. The number of thiazole rings is 1. The number of hydrogen-bond donors (Lipinski definition) is 1. The van der Waals surface area contributed by atoms with Crippen LogP contribution >= 0.6 is 22.9 Å². The molecular weight excluding hydrogens is 354 g/mol. The van der Waals surface area contributed by atoms with Crippen molar-refractivity contribution >= 4 is 28.8 Å². The van der Waals surface area contributed by atoms with E-state index < -0.39 is 0 Å². The second-order valence-electron chi connectivity index (χ2n) is 5.67. The first-order valence-corrected chi connectivity index (χ1v) is 9.28. The number of pyridine rings is 1. The Morgan fingerprint density at radius 2 is 1.80 bits per heavy atom. The molecule has 1 amide bonds. The van der Waals surface area contributed by atoms with Crippen molar-refractivity contribution < 1.29 is 4.79 Å². The lowest BCUT2D eigenvalue weighted by atomic mass is 10.1. The highest BCUT2D eigenvalue weighted by molar-refractivity contribution is 7.09. The smallest absolute Gasteiger partial charge is 0.226 e. The lowest BCUT2D eigenvalue weighted by molar-refractivity contribution is -0.120. The number of carbonyl (C=O) groups excluding carboxylic acids is 1. The van der Waals surface area contributed by atoms with Crippen LogP contribution in [0.25, 0.3) is 0 Å². The molecule has 0 radical (unpaired) electrons. The maximum absolute atomic E-state index is 12.1. The van der Waals surface area contributed by atoms with Crippen LogP contribution in [0.5, 0.6) is 0 Å². The van der Waals surface area contributed by atoms with Crippen LogP contribution in [0, 0.1) is 0 Å². The Kier molecular flexibility index (Phi) is 6.14. The van der Waals surface area contributed by atoms with Crippen molar-refractivity contribution in [1.29, 1.82) is 0 Å². The van der Waals surface area contributed by atoms with E-state index in [1.54, 1.807) is 23.7 Å². The fraction of sp³-hybridized carbons (Fsp3) is 0.211. The van der Waals surface area contributed by atoms with Crippen LogP contribution in [0.2, 0.25) is 5.02 Å². The molecule has 6 heteroatoms. The van der Waals surface area contributed by atoms with E-state index in [-0.39, 0.29) is 5.91 Å². The van der Waals surface area contributed by atoms with Crippen LogP contribution < -0.4 is 5.32 Å². The number of aryl methyl sites for hydroxylation is 2. The third-order valence-electron chi connectivity index (χ3n) is 3.72. The molecule has 1 N–H and O–H groups in total. The lowest BCUT2D eigenvalue weighted by Crippen LogP contribution is -2.24. The highest BCUT2D eigenvalue weighted by Gasteiger charge is 2.08. The fourth-order valence-corrected chi connectivity index (χ4v) is 3.30. The molecule has 4 nitrogen and oxygen atoms in total. The molecule has 25 heavy (non-hydrogen) atoms. The van der Waals surface area contributed by atoms with E-state index in [2.05, 4.69) is 15.3 Å². The molecule has 0 saturated heterocycles. The number of hydrogen-bond acceptors (Lipinski definition) is 4. The van der Waals surface area contributed by atoms with Crippen LogP contribution in [0.4, 0.5) is 0 Å². The van der Waals surface area contributed by atoms with Gasteiger partial charge in [0.25, 0.3) is 0 Å². The number of nitrogens with zero attached hydrogens (tertiary/aromatic N) is 2. The molecule has 3 rings (SSSR count). The minimum absolute atomic E-state index is 0.0269.